The predicted octanol–water partition coefficient (Wildman–Crippen LogP) is 0.947. The molecule has 0 bridgehead atoms. The molecule has 1 saturated heterocycles. The van der Waals surface area contributed by atoms with Crippen molar-refractivity contribution in [2.24, 2.45) is 0 Å². The molecule has 1 unspecified atom stereocenters. The smallest absolute Gasteiger partial charge is 0.326 e. The molecule has 0 saturated carbocycles. The van der Waals surface area contributed by atoms with E-state index in [0.29, 0.717) is 24.6 Å². The van der Waals surface area contributed by atoms with Crippen molar-refractivity contribution in [1.29, 1.82) is 0 Å². The van der Waals surface area contributed by atoms with Crippen LogP contribution in [0, 0.1) is 0 Å². The molecule has 6 heteroatoms. The van der Waals surface area contributed by atoms with E-state index in [-0.39, 0.29) is 11.5 Å². The van der Waals surface area contributed by atoms with Crippen molar-refractivity contribution < 1.29 is 9.90 Å². The van der Waals surface area contributed by atoms with E-state index in [2.05, 4.69) is 9.97 Å². The molecule has 0 amide bonds. The van der Waals surface area contributed by atoms with Crippen molar-refractivity contribution in [2.75, 3.05) is 11.4 Å². The molecule has 0 aliphatic carbocycles. The number of hydrogen-bond acceptors (Lipinski definition) is 4. The van der Waals surface area contributed by atoms with Crippen LogP contribution in [0.3, 0.4) is 0 Å². The van der Waals surface area contributed by atoms with Crippen molar-refractivity contribution in [1.82, 2.24) is 9.97 Å². The van der Waals surface area contributed by atoms with E-state index in [9.17, 15) is 9.59 Å². The summed E-state index contributed by atoms with van der Waals surface area (Å²) in [6.45, 7) is 4.49. The molecule has 2 rings (SSSR count). The van der Waals surface area contributed by atoms with Crippen molar-refractivity contribution in [3.8, 4) is 0 Å². The van der Waals surface area contributed by atoms with Crippen molar-refractivity contribution in [3.63, 3.8) is 0 Å². The summed E-state index contributed by atoms with van der Waals surface area (Å²) >= 11 is 0. The van der Waals surface area contributed by atoms with E-state index >= 15 is 0 Å². The molecule has 0 radical (unpaired) electrons. The predicted molar refractivity (Wildman–Crippen MR) is 67.0 cm³/mol. The van der Waals surface area contributed by atoms with Gasteiger partial charge in [-0.05, 0) is 12.8 Å². The summed E-state index contributed by atoms with van der Waals surface area (Å²) in [6, 6.07) is 0.798. The Hall–Kier alpha value is -1.85. The zero-order valence-electron chi connectivity index (χ0n) is 10.5. The third-order valence-electron chi connectivity index (χ3n) is 3.13. The van der Waals surface area contributed by atoms with Crippen LogP contribution in [0.5, 0.6) is 0 Å². The first-order chi connectivity index (χ1) is 8.49. The van der Waals surface area contributed by atoms with Crippen LogP contribution in [0.15, 0.2) is 10.9 Å². The van der Waals surface area contributed by atoms with Gasteiger partial charge in [-0.3, -0.25) is 4.79 Å². The van der Waals surface area contributed by atoms with Crippen molar-refractivity contribution in [3.05, 3.63) is 22.2 Å². The van der Waals surface area contributed by atoms with Gasteiger partial charge < -0.3 is 15.0 Å². The van der Waals surface area contributed by atoms with Gasteiger partial charge in [0, 0.05) is 18.5 Å². The number of aromatic nitrogens is 2. The Bertz CT molecular complexity index is 510. The summed E-state index contributed by atoms with van der Waals surface area (Å²) in [7, 11) is 0. The number of aromatic amines is 1. The van der Waals surface area contributed by atoms with Crippen LogP contribution in [-0.2, 0) is 4.79 Å². The Morgan fingerprint density at radius 3 is 2.94 bits per heavy atom. The second kappa shape index (κ2) is 4.80. The number of nitrogens with one attached hydrogen (secondary N) is 1. The van der Waals surface area contributed by atoms with E-state index in [1.54, 1.807) is 4.90 Å². The second-order valence-electron chi connectivity index (χ2n) is 4.83. The fraction of sp³-hybridized carbons (Fsp3) is 0.583. The van der Waals surface area contributed by atoms with E-state index in [1.165, 1.54) is 6.07 Å². The molecule has 0 spiro atoms. The van der Waals surface area contributed by atoms with Gasteiger partial charge in [0.1, 0.15) is 17.7 Å². The number of H-pyrrole nitrogens is 1. The number of nitrogens with zero attached hydrogens (tertiary/aromatic N) is 2. The average Bonchev–Trinajstić information content (AvgIpc) is 2.76. The highest BCUT2D eigenvalue weighted by atomic mass is 16.4. The molecule has 2 N–H and O–H groups in total. The molecule has 1 atom stereocenters. The lowest BCUT2D eigenvalue weighted by molar-refractivity contribution is -0.138. The van der Waals surface area contributed by atoms with Gasteiger partial charge >= 0.3 is 5.97 Å². The van der Waals surface area contributed by atoms with Crippen molar-refractivity contribution >= 4 is 11.8 Å². The first-order valence-electron chi connectivity index (χ1n) is 6.09. The summed E-state index contributed by atoms with van der Waals surface area (Å²) in [6.07, 6.45) is 1.41. The number of carboxylic acids is 1. The molecule has 1 aromatic rings. The molecule has 1 fully saturated rings. The van der Waals surface area contributed by atoms with Crippen LogP contribution in [0.2, 0.25) is 0 Å². The fourth-order valence-electron chi connectivity index (χ4n) is 2.18. The summed E-state index contributed by atoms with van der Waals surface area (Å²) < 4.78 is 0. The van der Waals surface area contributed by atoms with Gasteiger partial charge in [-0.15, -0.1) is 0 Å². The highest BCUT2D eigenvalue weighted by Crippen LogP contribution is 2.23. The van der Waals surface area contributed by atoms with E-state index in [0.717, 1.165) is 6.42 Å². The van der Waals surface area contributed by atoms with Crippen LogP contribution in [-0.4, -0.2) is 33.6 Å². The first-order valence-corrected chi connectivity index (χ1v) is 6.09. The molecule has 18 heavy (non-hydrogen) atoms. The van der Waals surface area contributed by atoms with E-state index in [4.69, 9.17) is 5.11 Å². The Balaban J connectivity index is 2.38. The number of anilines is 1. The molecule has 0 aromatic carbocycles. The van der Waals surface area contributed by atoms with E-state index in [1.807, 2.05) is 13.8 Å². The maximum absolute atomic E-state index is 11.6. The Morgan fingerprint density at radius 2 is 2.33 bits per heavy atom. The van der Waals surface area contributed by atoms with Crippen LogP contribution < -0.4 is 10.5 Å². The Morgan fingerprint density at radius 1 is 1.61 bits per heavy atom. The number of aliphatic carboxylic acids is 1. The number of carbonyl (C=O) groups is 1. The normalized spacial score (nSPS) is 19.5. The van der Waals surface area contributed by atoms with Crippen LogP contribution >= 0.6 is 0 Å². The molecule has 1 aliphatic heterocycles. The van der Waals surface area contributed by atoms with Gasteiger partial charge in [0.15, 0.2) is 0 Å². The minimum atomic E-state index is -0.860. The molecular formula is C12H17N3O3. The Labute approximate surface area is 105 Å². The first kappa shape index (κ1) is 12.6. The van der Waals surface area contributed by atoms with Crippen LogP contribution in [0.4, 0.5) is 5.82 Å². The van der Waals surface area contributed by atoms with E-state index < -0.39 is 12.0 Å². The quantitative estimate of drug-likeness (QED) is 0.835. The summed E-state index contributed by atoms with van der Waals surface area (Å²) in [5.74, 6) is 0.296. The number of rotatable bonds is 3. The second-order valence-corrected chi connectivity index (χ2v) is 4.83. The minimum absolute atomic E-state index is 0.100. The van der Waals surface area contributed by atoms with Gasteiger partial charge in [0.05, 0.1) is 0 Å². The topological polar surface area (TPSA) is 86.3 Å². The maximum Gasteiger partial charge on any atom is 0.326 e. The van der Waals surface area contributed by atoms with Crippen LogP contribution in [0.25, 0.3) is 0 Å². The Kier molecular flexibility index (Phi) is 3.36. The van der Waals surface area contributed by atoms with Crippen LogP contribution in [0.1, 0.15) is 38.4 Å². The van der Waals surface area contributed by atoms with Gasteiger partial charge in [0.2, 0.25) is 0 Å². The van der Waals surface area contributed by atoms with Crippen molar-refractivity contribution in [2.45, 2.75) is 38.6 Å². The third kappa shape index (κ3) is 2.37. The summed E-state index contributed by atoms with van der Waals surface area (Å²) in [5, 5.41) is 9.14. The number of carboxylic acid groups (broad SMARTS) is 1. The van der Waals surface area contributed by atoms with Gasteiger partial charge in [-0.2, -0.15) is 0 Å². The molecular weight excluding hydrogens is 234 g/mol. The molecule has 98 valence electrons. The fourth-order valence-corrected chi connectivity index (χ4v) is 2.18. The largest absolute Gasteiger partial charge is 0.480 e. The summed E-state index contributed by atoms with van der Waals surface area (Å²) in [4.78, 5) is 31.4. The minimum Gasteiger partial charge on any atom is -0.480 e. The molecule has 2 heterocycles. The monoisotopic (exact) mass is 251 g/mol. The number of hydrogen-bond donors (Lipinski definition) is 2. The lowest BCUT2D eigenvalue weighted by Gasteiger charge is -2.22. The third-order valence-corrected chi connectivity index (χ3v) is 3.13. The lowest BCUT2D eigenvalue weighted by atomic mass is 10.2. The zero-order chi connectivity index (χ0) is 13.3. The zero-order valence-corrected chi connectivity index (χ0v) is 10.5. The SMILES string of the molecule is CC(C)c1nc(N2CCCC2C(=O)O)cc(=O)[nH]1. The molecule has 1 aliphatic rings. The standard InChI is InChI=1S/C12H17N3O3/c1-7(2)11-13-9(6-10(16)14-11)15-5-3-4-8(15)12(17)18/h6-8H,3-5H2,1-2H3,(H,17,18)(H,13,14,16). The van der Waals surface area contributed by atoms with Gasteiger partial charge in [0.25, 0.3) is 5.56 Å². The highest BCUT2D eigenvalue weighted by molar-refractivity contribution is 5.78. The molecule has 6 nitrogen and oxygen atoms in total. The summed E-state index contributed by atoms with van der Waals surface area (Å²) in [5.41, 5.74) is -0.236. The van der Waals surface area contributed by atoms with Gasteiger partial charge in [-0.1, -0.05) is 13.8 Å². The molecule has 1 aromatic heterocycles. The highest BCUT2D eigenvalue weighted by Gasteiger charge is 2.31. The average molecular weight is 251 g/mol. The lowest BCUT2D eigenvalue weighted by Crippen LogP contribution is -2.37. The maximum atomic E-state index is 11.6. The van der Waals surface area contributed by atoms with Gasteiger partial charge in [-0.25, -0.2) is 9.78 Å².